The van der Waals surface area contributed by atoms with E-state index in [1.54, 1.807) is 0 Å². The molecule has 0 atom stereocenters. The number of rotatable bonds is 6. The molecule has 0 aliphatic carbocycles. The summed E-state index contributed by atoms with van der Waals surface area (Å²) in [5, 5.41) is 13.8. The van der Waals surface area contributed by atoms with Crippen molar-refractivity contribution in [1.29, 1.82) is 0 Å². The second kappa shape index (κ2) is 8.70. The lowest BCUT2D eigenvalue weighted by atomic mass is 10.2. The number of hydrogen-bond donors (Lipinski definition) is 2. The summed E-state index contributed by atoms with van der Waals surface area (Å²) in [7, 11) is -4.24. The first kappa shape index (κ1) is 22.2. The van der Waals surface area contributed by atoms with Gasteiger partial charge in [-0.3, -0.25) is 19.6 Å². The van der Waals surface area contributed by atoms with Gasteiger partial charge in [0, 0.05) is 16.7 Å². The van der Waals surface area contributed by atoms with Gasteiger partial charge in [-0.1, -0.05) is 17.7 Å². The number of carbonyl (C=O) groups is 1. The molecule has 0 spiro atoms. The molecule has 8 nitrogen and oxygen atoms in total. The number of amides is 1. The van der Waals surface area contributed by atoms with Gasteiger partial charge in [0.15, 0.2) is 0 Å². The van der Waals surface area contributed by atoms with Crippen LogP contribution >= 0.6 is 11.6 Å². The van der Waals surface area contributed by atoms with E-state index in [9.17, 15) is 27.7 Å². The van der Waals surface area contributed by atoms with Gasteiger partial charge in [0.2, 0.25) is 0 Å². The summed E-state index contributed by atoms with van der Waals surface area (Å²) in [6.45, 7) is 1.39. The van der Waals surface area contributed by atoms with Gasteiger partial charge < -0.3 is 5.32 Å². The Morgan fingerprint density at radius 2 is 1.74 bits per heavy atom. The van der Waals surface area contributed by atoms with Crippen LogP contribution in [0.15, 0.2) is 65.6 Å². The minimum Gasteiger partial charge on any atom is -0.319 e. The highest BCUT2D eigenvalue weighted by atomic mass is 35.5. The van der Waals surface area contributed by atoms with Crippen LogP contribution in [0.2, 0.25) is 5.02 Å². The highest BCUT2D eigenvalue weighted by Gasteiger charge is 2.21. The molecule has 0 saturated carbocycles. The van der Waals surface area contributed by atoms with Crippen molar-refractivity contribution in [1.82, 2.24) is 0 Å². The van der Waals surface area contributed by atoms with Crippen LogP contribution in [0.3, 0.4) is 0 Å². The van der Waals surface area contributed by atoms with Crippen molar-refractivity contribution in [3.8, 4) is 0 Å². The van der Waals surface area contributed by atoms with Gasteiger partial charge >= 0.3 is 0 Å². The molecule has 0 aromatic heterocycles. The van der Waals surface area contributed by atoms with Gasteiger partial charge in [-0.25, -0.2) is 12.8 Å². The van der Waals surface area contributed by atoms with Crippen LogP contribution < -0.4 is 10.0 Å². The summed E-state index contributed by atoms with van der Waals surface area (Å²) in [6.07, 6.45) is 0. The zero-order chi connectivity index (χ0) is 22.8. The van der Waals surface area contributed by atoms with Crippen LogP contribution in [-0.2, 0) is 10.0 Å². The first-order chi connectivity index (χ1) is 14.6. The van der Waals surface area contributed by atoms with Crippen molar-refractivity contribution in [3.63, 3.8) is 0 Å². The minimum atomic E-state index is -4.24. The Labute approximate surface area is 181 Å². The van der Waals surface area contributed by atoms with Crippen LogP contribution in [0.25, 0.3) is 0 Å². The zero-order valence-electron chi connectivity index (χ0n) is 15.9. The maximum absolute atomic E-state index is 14.5. The van der Waals surface area contributed by atoms with Crippen molar-refractivity contribution < 1.29 is 22.5 Å². The molecule has 0 heterocycles. The van der Waals surface area contributed by atoms with E-state index in [4.69, 9.17) is 11.6 Å². The Morgan fingerprint density at radius 3 is 2.35 bits per heavy atom. The molecule has 3 aromatic carbocycles. The largest absolute Gasteiger partial charge is 0.319 e. The van der Waals surface area contributed by atoms with Crippen LogP contribution in [0.4, 0.5) is 21.5 Å². The quantitative estimate of drug-likeness (QED) is 0.404. The molecule has 11 heteroatoms. The molecule has 0 unspecified atom stereocenters. The molecule has 0 bridgehead atoms. The molecule has 0 radical (unpaired) electrons. The number of nitrogens with zero attached hydrogens (tertiary/aromatic N) is 1. The van der Waals surface area contributed by atoms with Gasteiger partial charge in [-0.05, 0) is 55.5 Å². The lowest BCUT2D eigenvalue weighted by molar-refractivity contribution is -0.385. The van der Waals surface area contributed by atoms with Crippen molar-refractivity contribution in [2.45, 2.75) is 11.8 Å². The van der Waals surface area contributed by atoms with Gasteiger partial charge in [0.25, 0.3) is 21.6 Å². The average Bonchev–Trinajstić information content (AvgIpc) is 2.71. The number of carbonyl (C=O) groups excluding carboxylic acids is 1. The third kappa shape index (κ3) is 4.98. The number of nitro groups is 1. The predicted molar refractivity (Wildman–Crippen MR) is 114 cm³/mol. The molecule has 160 valence electrons. The molecule has 3 aromatic rings. The monoisotopic (exact) mass is 463 g/mol. The maximum atomic E-state index is 14.5. The van der Waals surface area contributed by atoms with Crippen molar-refractivity contribution in [3.05, 3.63) is 92.7 Å². The fourth-order valence-corrected chi connectivity index (χ4v) is 3.96. The molecule has 31 heavy (non-hydrogen) atoms. The standard InChI is InChI=1S/C20H15ClFN3O5S/c1-12-17(3-2-4-19(12)25(27)28)24-31(29,30)15-9-10-18(16(22)11-15)23-20(26)13-5-7-14(21)8-6-13/h2-11,24H,1H3,(H,23,26). The van der Waals surface area contributed by atoms with E-state index in [0.717, 1.165) is 18.2 Å². The fourth-order valence-electron chi connectivity index (χ4n) is 2.70. The van der Waals surface area contributed by atoms with Gasteiger partial charge in [0.1, 0.15) is 5.82 Å². The van der Waals surface area contributed by atoms with E-state index in [2.05, 4.69) is 10.0 Å². The van der Waals surface area contributed by atoms with E-state index < -0.39 is 31.6 Å². The highest BCUT2D eigenvalue weighted by Crippen LogP contribution is 2.28. The normalized spacial score (nSPS) is 11.1. The lowest BCUT2D eigenvalue weighted by Gasteiger charge is -2.12. The Hall–Kier alpha value is -3.50. The molecule has 0 aliphatic heterocycles. The van der Waals surface area contributed by atoms with Gasteiger partial charge in [-0.15, -0.1) is 0 Å². The number of hydrogen-bond acceptors (Lipinski definition) is 5. The molecular formula is C20H15ClFN3O5S. The van der Waals surface area contributed by atoms with E-state index in [0.29, 0.717) is 5.02 Å². The third-order valence-corrected chi connectivity index (χ3v) is 5.97. The second-order valence-corrected chi connectivity index (χ2v) is 8.53. The minimum absolute atomic E-state index is 0.00488. The highest BCUT2D eigenvalue weighted by molar-refractivity contribution is 7.92. The van der Waals surface area contributed by atoms with E-state index >= 15 is 0 Å². The van der Waals surface area contributed by atoms with Crippen LogP contribution in [0, 0.1) is 22.9 Å². The number of anilines is 2. The molecule has 1 amide bonds. The van der Waals surface area contributed by atoms with Gasteiger partial charge in [-0.2, -0.15) is 0 Å². The number of benzene rings is 3. The molecule has 2 N–H and O–H groups in total. The summed E-state index contributed by atoms with van der Waals surface area (Å²) in [6, 6.07) is 12.8. The summed E-state index contributed by atoms with van der Waals surface area (Å²) < 4.78 is 42.0. The first-order valence-corrected chi connectivity index (χ1v) is 10.6. The topological polar surface area (TPSA) is 118 Å². The molecule has 0 saturated heterocycles. The van der Waals surface area contributed by atoms with Crippen molar-refractivity contribution >= 4 is 44.6 Å². The van der Waals surface area contributed by atoms with E-state index in [1.165, 1.54) is 49.4 Å². The zero-order valence-corrected chi connectivity index (χ0v) is 17.5. The average molecular weight is 464 g/mol. The number of nitrogens with one attached hydrogen (secondary N) is 2. The summed E-state index contributed by atoms with van der Waals surface area (Å²) in [5.74, 6) is -1.57. The van der Waals surface area contributed by atoms with Crippen LogP contribution in [0.5, 0.6) is 0 Å². The lowest BCUT2D eigenvalue weighted by Crippen LogP contribution is -2.16. The van der Waals surface area contributed by atoms with Gasteiger partial charge in [0.05, 0.1) is 26.8 Å². The number of halogens is 2. The maximum Gasteiger partial charge on any atom is 0.274 e. The molecule has 0 aliphatic rings. The second-order valence-electron chi connectivity index (χ2n) is 6.41. The van der Waals surface area contributed by atoms with Crippen LogP contribution in [0.1, 0.15) is 15.9 Å². The van der Waals surface area contributed by atoms with Crippen molar-refractivity contribution in [2.24, 2.45) is 0 Å². The van der Waals surface area contributed by atoms with E-state index in [1.807, 2.05) is 0 Å². The molecule has 3 rings (SSSR count). The van der Waals surface area contributed by atoms with E-state index in [-0.39, 0.29) is 28.2 Å². The third-order valence-electron chi connectivity index (χ3n) is 4.35. The first-order valence-electron chi connectivity index (χ1n) is 8.72. The molecular weight excluding hydrogens is 449 g/mol. The Balaban J connectivity index is 1.83. The Morgan fingerprint density at radius 1 is 1.06 bits per heavy atom. The van der Waals surface area contributed by atoms with Crippen molar-refractivity contribution in [2.75, 3.05) is 10.0 Å². The smallest absolute Gasteiger partial charge is 0.274 e. The fraction of sp³-hybridized carbons (Fsp3) is 0.0500. The number of nitro benzene ring substituents is 1. The SMILES string of the molecule is Cc1c(NS(=O)(=O)c2ccc(NC(=O)c3ccc(Cl)cc3)c(F)c2)cccc1[N+](=O)[O-]. The number of sulfonamides is 1. The summed E-state index contributed by atoms with van der Waals surface area (Å²) >= 11 is 5.77. The van der Waals surface area contributed by atoms with Crippen LogP contribution in [-0.4, -0.2) is 19.2 Å². The summed E-state index contributed by atoms with van der Waals surface area (Å²) in [4.78, 5) is 22.2. The summed E-state index contributed by atoms with van der Waals surface area (Å²) in [5.41, 5.74) is -0.126. The Bertz CT molecular complexity index is 1280. The Kier molecular flexibility index (Phi) is 6.23. The predicted octanol–water partition coefficient (Wildman–Crippen LogP) is 4.75. The molecule has 0 fully saturated rings.